The van der Waals surface area contributed by atoms with Crippen molar-refractivity contribution in [1.82, 2.24) is 15.2 Å². The Bertz CT molecular complexity index is 807. The second-order valence-corrected chi connectivity index (χ2v) is 8.29. The molecule has 4 rings (SSSR count). The van der Waals surface area contributed by atoms with Crippen LogP contribution in [0.25, 0.3) is 0 Å². The summed E-state index contributed by atoms with van der Waals surface area (Å²) < 4.78 is 0. The van der Waals surface area contributed by atoms with E-state index in [4.69, 9.17) is 0 Å². The molecule has 1 aromatic heterocycles. The van der Waals surface area contributed by atoms with Crippen LogP contribution in [-0.4, -0.2) is 33.8 Å². The van der Waals surface area contributed by atoms with Crippen LogP contribution in [0.5, 0.6) is 0 Å². The predicted octanol–water partition coefficient (Wildman–Crippen LogP) is 3.08. The zero-order valence-electron chi connectivity index (χ0n) is 14.9. The van der Waals surface area contributed by atoms with Gasteiger partial charge in [-0.3, -0.25) is 9.59 Å². The molecule has 26 heavy (non-hydrogen) atoms. The van der Waals surface area contributed by atoms with Crippen LogP contribution < -0.4 is 5.32 Å². The highest BCUT2D eigenvalue weighted by molar-refractivity contribution is 7.09. The fourth-order valence-electron chi connectivity index (χ4n) is 3.01. The number of hydrogen-bond acceptors (Lipinski definition) is 4. The van der Waals surface area contributed by atoms with Gasteiger partial charge in [0, 0.05) is 29.6 Å². The van der Waals surface area contributed by atoms with Gasteiger partial charge in [-0.25, -0.2) is 4.98 Å². The van der Waals surface area contributed by atoms with E-state index in [9.17, 15) is 9.59 Å². The first kappa shape index (κ1) is 17.2. The van der Waals surface area contributed by atoms with Gasteiger partial charge in [0.25, 0.3) is 5.91 Å². The van der Waals surface area contributed by atoms with E-state index in [0.29, 0.717) is 30.6 Å². The molecule has 0 saturated heterocycles. The summed E-state index contributed by atoms with van der Waals surface area (Å²) in [6.45, 7) is 2.55. The minimum Gasteiger partial charge on any atom is -0.349 e. The van der Waals surface area contributed by atoms with Crippen molar-refractivity contribution in [2.45, 2.75) is 57.7 Å². The van der Waals surface area contributed by atoms with Gasteiger partial charge in [0.2, 0.25) is 5.91 Å². The summed E-state index contributed by atoms with van der Waals surface area (Å²) in [5, 5.41) is 5.95. The van der Waals surface area contributed by atoms with Crippen molar-refractivity contribution in [2.75, 3.05) is 0 Å². The minimum absolute atomic E-state index is 0.00641. The molecule has 0 aliphatic heterocycles. The number of amides is 2. The summed E-state index contributed by atoms with van der Waals surface area (Å²) >= 11 is 1.58. The van der Waals surface area contributed by atoms with Crippen molar-refractivity contribution in [1.29, 1.82) is 0 Å². The average molecular weight is 369 g/mol. The summed E-state index contributed by atoms with van der Waals surface area (Å²) in [6, 6.07) is 8.33. The molecule has 2 fully saturated rings. The Morgan fingerprint density at radius 2 is 1.92 bits per heavy atom. The Morgan fingerprint density at radius 3 is 2.50 bits per heavy atom. The smallest absolute Gasteiger partial charge is 0.251 e. The lowest BCUT2D eigenvalue weighted by molar-refractivity contribution is -0.131. The number of thiazole rings is 1. The molecule has 2 saturated carbocycles. The van der Waals surface area contributed by atoms with Gasteiger partial charge in [0.15, 0.2) is 0 Å². The molecular formula is C20H23N3O2S. The predicted molar refractivity (Wildman–Crippen MR) is 101 cm³/mol. The molecule has 0 atom stereocenters. The molecule has 2 aliphatic carbocycles. The number of aryl methyl sites for hydroxylation is 1. The number of carbonyl (C=O) groups is 2. The van der Waals surface area contributed by atoms with Crippen LogP contribution >= 0.6 is 11.3 Å². The molecular weight excluding hydrogens is 346 g/mol. The first-order valence-corrected chi connectivity index (χ1v) is 10.1. The van der Waals surface area contributed by atoms with E-state index in [1.165, 1.54) is 0 Å². The Kier molecular flexibility index (Phi) is 4.76. The lowest BCUT2D eigenvalue weighted by atomic mass is 10.1. The van der Waals surface area contributed by atoms with Crippen LogP contribution in [0.4, 0.5) is 0 Å². The SMILES string of the molecule is Cc1nc(CC(=O)N(Cc2ccc(C(=O)NC3CC3)cc2)C2CC2)cs1. The second kappa shape index (κ2) is 7.19. The zero-order chi connectivity index (χ0) is 18.1. The number of rotatable bonds is 7. The van der Waals surface area contributed by atoms with E-state index in [0.717, 1.165) is 41.9 Å². The minimum atomic E-state index is -0.00641. The van der Waals surface area contributed by atoms with Gasteiger partial charge in [-0.2, -0.15) is 0 Å². The summed E-state index contributed by atoms with van der Waals surface area (Å²) in [5.41, 5.74) is 2.60. The molecule has 0 unspecified atom stereocenters. The van der Waals surface area contributed by atoms with E-state index in [-0.39, 0.29) is 11.8 Å². The highest BCUT2D eigenvalue weighted by Gasteiger charge is 2.32. The van der Waals surface area contributed by atoms with E-state index >= 15 is 0 Å². The fourth-order valence-corrected chi connectivity index (χ4v) is 3.62. The third-order valence-electron chi connectivity index (χ3n) is 4.79. The monoisotopic (exact) mass is 369 g/mol. The van der Waals surface area contributed by atoms with E-state index in [1.54, 1.807) is 11.3 Å². The summed E-state index contributed by atoms with van der Waals surface area (Å²) in [6.07, 6.45) is 4.68. The molecule has 2 aromatic rings. The summed E-state index contributed by atoms with van der Waals surface area (Å²) in [5.74, 6) is 0.126. The first-order valence-electron chi connectivity index (χ1n) is 9.19. The summed E-state index contributed by atoms with van der Waals surface area (Å²) in [7, 11) is 0. The fraction of sp³-hybridized carbons (Fsp3) is 0.450. The van der Waals surface area contributed by atoms with Crippen molar-refractivity contribution in [3.8, 4) is 0 Å². The number of carbonyl (C=O) groups excluding carboxylic acids is 2. The third kappa shape index (κ3) is 4.30. The van der Waals surface area contributed by atoms with Gasteiger partial charge in [0.05, 0.1) is 17.1 Å². The molecule has 136 valence electrons. The Hall–Kier alpha value is -2.21. The van der Waals surface area contributed by atoms with Gasteiger partial charge < -0.3 is 10.2 Å². The molecule has 5 nitrogen and oxygen atoms in total. The van der Waals surface area contributed by atoms with Crippen LogP contribution in [0.15, 0.2) is 29.6 Å². The van der Waals surface area contributed by atoms with Crippen LogP contribution in [0.1, 0.15) is 52.3 Å². The molecule has 2 amide bonds. The molecule has 0 spiro atoms. The van der Waals surface area contributed by atoms with Gasteiger partial charge in [-0.1, -0.05) is 12.1 Å². The van der Waals surface area contributed by atoms with Crippen LogP contribution in [-0.2, 0) is 17.8 Å². The van der Waals surface area contributed by atoms with E-state index in [2.05, 4.69) is 10.3 Å². The van der Waals surface area contributed by atoms with E-state index < -0.39 is 0 Å². The van der Waals surface area contributed by atoms with Crippen LogP contribution in [0, 0.1) is 6.92 Å². The number of hydrogen-bond donors (Lipinski definition) is 1. The van der Waals surface area contributed by atoms with Gasteiger partial charge in [-0.05, 0) is 50.3 Å². The number of aromatic nitrogens is 1. The van der Waals surface area contributed by atoms with Crippen molar-refractivity contribution in [3.63, 3.8) is 0 Å². The lowest BCUT2D eigenvalue weighted by Crippen LogP contribution is -2.34. The van der Waals surface area contributed by atoms with Gasteiger partial charge in [0.1, 0.15) is 0 Å². The second-order valence-electron chi connectivity index (χ2n) is 7.23. The van der Waals surface area contributed by atoms with Crippen molar-refractivity contribution in [2.24, 2.45) is 0 Å². The molecule has 1 N–H and O–H groups in total. The Balaban J connectivity index is 1.39. The maximum atomic E-state index is 12.7. The number of benzene rings is 1. The normalized spacial score (nSPS) is 16.3. The largest absolute Gasteiger partial charge is 0.349 e. The third-order valence-corrected chi connectivity index (χ3v) is 5.61. The zero-order valence-corrected chi connectivity index (χ0v) is 15.7. The van der Waals surface area contributed by atoms with E-state index in [1.807, 2.05) is 41.5 Å². The Morgan fingerprint density at radius 1 is 1.19 bits per heavy atom. The van der Waals surface area contributed by atoms with Gasteiger partial charge >= 0.3 is 0 Å². The molecule has 0 radical (unpaired) electrons. The van der Waals surface area contributed by atoms with Crippen molar-refractivity contribution >= 4 is 23.2 Å². The lowest BCUT2D eigenvalue weighted by Gasteiger charge is -2.22. The highest BCUT2D eigenvalue weighted by Crippen LogP contribution is 2.29. The number of nitrogens with one attached hydrogen (secondary N) is 1. The molecule has 0 bridgehead atoms. The molecule has 1 heterocycles. The van der Waals surface area contributed by atoms with Crippen LogP contribution in [0.2, 0.25) is 0 Å². The molecule has 1 aromatic carbocycles. The summed E-state index contributed by atoms with van der Waals surface area (Å²) in [4.78, 5) is 31.2. The quantitative estimate of drug-likeness (QED) is 0.816. The first-order chi connectivity index (χ1) is 12.6. The standard InChI is InChI=1S/C20H23N3O2S/c1-13-21-17(12-26-13)10-19(24)23(18-8-9-18)11-14-2-4-15(5-3-14)20(25)22-16-6-7-16/h2-5,12,16,18H,6-11H2,1H3,(H,22,25). The average Bonchev–Trinajstić information content (AvgIpc) is 3.54. The molecule has 2 aliphatic rings. The Labute approximate surface area is 157 Å². The van der Waals surface area contributed by atoms with Crippen molar-refractivity contribution in [3.05, 3.63) is 51.5 Å². The number of nitrogens with zero attached hydrogens (tertiary/aromatic N) is 2. The van der Waals surface area contributed by atoms with Crippen LogP contribution in [0.3, 0.4) is 0 Å². The van der Waals surface area contributed by atoms with Gasteiger partial charge in [-0.15, -0.1) is 11.3 Å². The molecule has 6 heteroatoms. The topological polar surface area (TPSA) is 62.3 Å². The van der Waals surface area contributed by atoms with Crippen molar-refractivity contribution < 1.29 is 9.59 Å². The highest BCUT2D eigenvalue weighted by atomic mass is 32.1. The maximum Gasteiger partial charge on any atom is 0.251 e. The maximum absolute atomic E-state index is 12.7.